The molecular formula is C19H18ClN3O3. The molecular weight excluding hydrogens is 354 g/mol. The van der Waals surface area contributed by atoms with Crippen LogP contribution in [0, 0.1) is 11.3 Å². The van der Waals surface area contributed by atoms with E-state index in [0.29, 0.717) is 23.5 Å². The summed E-state index contributed by atoms with van der Waals surface area (Å²) in [5.41, 5.74) is 2.42. The van der Waals surface area contributed by atoms with Crippen LogP contribution in [0.4, 0.5) is 0 Å². The molecule has 26 heavy (non-hydrogen) atoms. The summed E-state index contributed by atoms with van der Waals surface area (Å²) in [5, 5.41) is 22.0. The van der Waals surface area contributed by atoms with Crippen molar-refractivity contribution in [2.45, 2.75) is 18.4 Å². The van der Waals surface area contributed by atoms with E-state index in [4.69, 9.17) is 26.1 Å². The number of alkyl halides is 1. The number of aromatic amines is 1. The van der Waals surface area contributed by atoms with E-state index in [2.05, 4.69) is 16.2 Å². The summed E-state index contributed by atoms with van der Waals surface area (Å²) in [6, 6.07) is 12.6. The molecule has 0 bridgehead atoms. The summed E-state index contributed by atoms with van der Waals surface area (Å²) in [6.45, 7) is 0.0450. The van der Waals surface area contributed by atoms with Gasteiger partial charge in [0.15, 0.2) is 11.9 Å². The van der Waals surface area contributed by atoms with Gasteiger partial charge in [0.25, 0.3) is 0 Å². The Hall–Kier alpha value is -2.75. The molecule has 0 fully saturated rings. The van der Waals surface area contributed by atoms with Gasteiger partial charge in [0.2, 0.25) is 0 Å². The van der Waals surface area contributed by atoms with Gasteiger partial charge in [-0.25, -0.2) is 0 Å². The SMILES string of the molecule is N#Cc1ccc(OC(c2ccno2)C(CCl)c2[nH]ccc2CCO)cc1. The summed E-state index contributed by atoms with van der Waals surface area (Å²) < 4.78 is 11.5. The van der Waals surface area contributed by atoms with Crippen LogP contribution < -0.4 is 4.74 Å². The van der Waals surface area contributed by atoms with E-state index >= 15 is 0 Å². The number of hydrogen-bond acceptors (Lipinski definition) is 5. The number of H-pyrrole nitrogens is 1. The second-order valence-electron chi connectivity index (χ2n) is 5.74. The molecule has 7 heteroatoms. The summed E-state index contributed by atoms with van der Waals surface area (Å²) in [5.74, 6) is 1.18. The molecule has 0 aliphatic rings. The summed E-state index contributed by atoms with van der Waals surface area (Å²) in [7, 11) is 0. The van der Waals surface area contributed by atoms with Crippen molar-refractivity contribution in [1.82, 2.24) is 10.1 Å². The van der Waals surface area contributed by atoms with Crippen LogP contribution in [0.25, 0.3) is 0 Å². The fourth-order valence-electron chi connectivity index (χ4n) is 2.87. The molecule has 3 rings (SSSR count). The maximum atomic E-state index is 9.29. The first-order chi connectivity index (χ1) is 12.8. The van der Waals surface area contributed by atoms with Crippen LogP contribution in [0.15, 0.2) is 53.3 Å². The summed E-state index contributed by atoms with van der Waals surface area (Å²) >= 11 is 6.29. The number of aliphatic hydroxyl groups is 1. The number of aliphatic hydroxyl groups excluding tert-OH is 1. The Morgan fingerprint density at radius 1 is 1.27 bits per heavy atom. The van der Waals surface area contributed by atoms with E-state index < -0.39 is 6.10 Å². The first-order valence-corrected chi connectivity index (χ1v) is 8.70. The molecule has 1 aromatic carbocycles. The van der Waals surface area contributed by atoms with Crippen LogP contribution in [-0.2, 0) is 6.42 Å². The zero-order valence-corrected chi connectivity index (χ0v) is 14.7. The average Bonchev–Trinajstić information content (AvgIpc) is 3.35. The van der Waals surface area contributed by atoms with Crippen LogP contribution in [0.2, 0.25) is 0 Å². The Kier molecular flexibility index (Phi) is 5.95. The third kappa shape index (κ3) is 3.90. The Balaban J connectivity index is 1.94. The second kappa shape index (κ2) is 8.56. The number of benzene rings is 1. The molecule has 0 aliphatic heterocycles. The topological polar surface area (TPSA) is 95.1 Å². The van der Waals surface area contributed by atoms with E-state index in [1.807, 2.05) is 12.3 Å². The molecule has 3 aromatic rings. The molecule has 0 saturated carbocycles. The third-order valence-corrected chi connectivity index (χ3v) is 4.47. The molecule has 2 atom stereocenters. The van der Waals surface area contributed by atoms with Gasteiger partial charge in [-0.1, -0.05) is 5.16 Å². The van der Waals surface area contributed by atoms with Gasteiger partial charge in [0.05, 0.1) is 23.7 Å². The minimum Gasteiger partial charge on any atom is -0.482 e. The number of hydrogen-bond donors (Lipinski definition) is 2. The van der Waals surface area contributed by atoms with Gasteiger partial charge in [-0.05, 0) is 42.3 Å². The van der Waals surface area contributed by atoms with Crippen LogP contribution >= 0.6 is 11.6 Å². The van der Waals surface area contributed by atoms with Crippen molar-refractivity contribution >= 4 is 11.6 Å². The van der Waals surface area contributed by atoms with E-state index in [-0.39, 0.29) is 18.4 Å². The number of nitriles is 1. The van der Waals surface area contributed by atoms with E-state index in [9.17, 15) is 5.11 Å². The maximum Gasteiger partial charge on any atom is 0.177 e. The molecule has 0 radical (unpaired) electrons. The Morgan fingerprint density at radius 2 is 2.08 bits per heavy atom. The highest BCUT2D eigenvalue weighted by Gasteiger charge is 2.31. The van der Waals surface area contributed by atoms with Crippen molar-refractivity contribution in [3.8, 4) is 11.8 Å². The average molecular weight is 372 g/mol. The number of nitrogens with zero attached hydrogens (tertiary/aromatic N) is 2. The maximum absolute atomic E-state index is 9.29. The molecule has 0 saturated heterocycles. The molecule has 0 spiro atoms. The van der Waals surface area contributed by atoms with Crippen molar-refractivity contribution in [3.05, 3.63) is 71.4 Å². The van der Waals surface area contributed by atoms with Crippen LogP contribution in [0.1, 0.15) is 34.6 Å². The summed E-state index contributed by atoms with van der Waals surface area (Å²) in [4.78, 5) is 3.21. The largest absolute Gasteiger partial charge is 0.482 e. The number of rotatable bonds is 8. The quantitative estimate of drug-likeness (QED) is 0.590. The number of aromatic nitrogens is 2. The van der Waals surface area contributed by atoms with Crippen molar-refractivity contribution < 1.29 is 14.4 Å². The van der Waals surface area contributed by atoms with Gasteiger partial charge in [-0.2, -0.15) is 5.26 Å². The van der Waals surface area contributed by atoms with Crippen molar-refractivity contribution in [3.63, 3.8) is 0 Å². The molecule has 134 valence electrons. The molecule has 2 aromatic heterocycles. The highest BCUT2D eigenvalue weighted by Crippen LogP contribution is 2.37. The van der Waals surface area contributed by atoms with Crippen molar-refractivity contribution in [2.24, 2.45) is 0 Å². The Morgan fingerprint density at radius 3 is 2.69 bits per heavy atom. The molecule has 2 unspecified atom stereocenters. The fourth-order valence-corrected chi connectivity index (χ4v) is 3.19. The Labute approximate surface area is 156 Å². The number of ether oxygens (including phenoxy) is 1. The third-order valence-electron chi connectivity index (χ3n) is 4.14. The predicted molar refractivity (Wildman–Crippen MR) is 96.1 cm³/mol. The lowest BCUT2D eigenvalue weighted by Gasteiger charge is -2.25. The first kappa shape index (κ1) is 18.1. The van der Waals surface area contributed by atoms with Crippen molar-refractivity contribution in [2.75, 3.05) is 12.5 Å². The minimum atomic E-state index is -0.515. The predicted octanol–water partition coefficient (Wildman–Crippen LogP) is 3.55. The first-order valence-electron chi connectivity index (χ1n) is 8.17. The minimum absolute atomic E-state index is 0.0450. The number of nitrogens with one attached hydrogen (secondary N) is 1. The zero-order valence-electron chi connectivity index (χ0n) is 13.9. The fraction of sp³-hybridized carbons (Fsp3) is 0.263. The van der Waals surface area contributed by atoms with E-state index in [0.717, 1.165) is 11.3 Å². The standard InChI is InChI=1S/C19H18ClN3O3/c20-11-16(18-14(7-10-24)5-8-22-18)19(17-6-9-23-26-17)25-15-3-1-13(12-21)2-4-15/h1-6,8-9,16,19,22,24H,7,10-11H2. The smallest absolute Gasteiger partial charge is 0.177 e. The van der Waals surface area contributed by atoms with E-state index in [1.165, 1.54) is 0 Å². The Bertz CT molecular complexity index is 853. The van der Waals surface area contributed by atoms with Crippen LogP contribution in [0.3, 0.4) is 0 Å². The van der Waals surface area contributed by atoms with Crippen molar-refractivity contribution in [1.29, 1.82) is 5.26 Å². The van der Waals surface area contributed by atoms with E-state index in [1.54, 1.807) is 36.5 Å². The molecule has 6 nitrogen and oxygen atoms in total. The molecule has 2 heterocycles. The van der Waals surface area contributed by atoms with Crippen LogP contribution in [-0.4, -0.2) is 27.7 Å². The lowest BCUT2D eigenvalue weighted by molar-refractivity contribution is 0.140. The van der Waals surface area contributed by atoms with Gasteiger partial charge in [0, 0.05) is 30.4 Å². The lowest BCUT2D eigenvalue weighted by Crippen LogP contribution is -2.20. The van der Waals surface area contributed by atoms with Gasteiger partial charge < -0.3 is 19.4 Å². The second-order valence-corrected chi connectivity index (χ2v) is 6.05. The lowest BCUT2D eigenvalue weighted by atomic mass is 9.94. The summed E-state index contributed by atoms with van der Waals surface area (Å²) in [6.07, 6.45) is 3.38. The monoisotopic (exact) mass is 371 g/mol. The molecule has 0 amide bonds. The zero-order chi connectivity index (χ0) is 18.4. The van der Waals surface area contributed by atoms with Crippen LogP contribution in [0.5, 0.6) is 5.75 Å². The highest BCUT2D eigenvalue weighted by atomic mass is 35.5. The van der Waals surface area contributed by atoms with Gasteiger partial charge >= 0.3 is 0 Å². The number of halogens is 1. The van der Waals surface area contributed by atoms with Gasteiger partial charge in [-0.15, -0.1) is 11.6 Å². The highest BCUT2D eigenvalue weighted by molar-refractivity contribution is 6.18. The normalized spacial score (nSPS) is 13.1. The van der Waals surface area contributed by atoms with Gasteiger partial charge in [-0.3, -0.25) is 0 Å². The van der Waals surface area contributed by atoms with Gasteiger partial charge in [0.1, 0.15) is 5.75 Å². The molecule has 0 aliphatic carbocycles. The molecule has 2 N–H and O–H groups in total.